The van der Waals surface area contributed by atoms with Crippen LogP contribution in [0.15, 0.2) is 48.5 Å². The van der Waals surface area contributed by atoms with Gasteiger partial charge in [0.2, 0.25) is 5.78 Å². The van der Waals surface area contributed by atoms with Crippen molar-refractivity contribution in [1.82, 2.24) is 4.98 Å². The van der Waals surface area contributed by atoms with E-state index in [1.165, 1.54) is 0 Å². The molecule has 2 aromatic carbocycles. The number of ketones is 1. The van der Waals surface area contributed by atoms with E-state index in [0.29, 0.717) is 29.2 Å². The zero-order valence-corrected chi connectivity index (χ0v) is 14.2. The lowest BCUT2D eigenvalue weighted by molar-refractivity contribution is -0.142. The molecular formula is C20H19NO4. The van der Waals surface area contributed by atoms with Gasteiger partial charge in [-0.05, 0) is 25.1 Å². The van der Waals surface area contributed by atoms with Crippen molar-refractivity contribution in [3.8, 4) is 5.75 Å². The summed E-state index contributed by atoms with van der Waals surface area (Å²) in [6, 6.07) is 14.5. The lowest BCUT2D eigenvalue weighted by atomic mass is 10.0. The molecule has 1 aromatic heterocycles. The Balaban J connectivity index is 2.07. The summed E-state index contributed by atoms with van der Waals surface area (Å²) in [5, 5.41) is 0.849. The molecule has 0 amide bonds. The van der Waals surface area contributed by atoms with Crippen molar-refractivity contribution in [3.05, 3.63) is 65.4 Å². The Labute approximate surface area is 145 Å². The minimum atomic E-state index is -0.355. The summed E-state index contributed by atoms with van der Waals surface area (Å²) < 4.78 is 10.2. The van der Waals surface area contributed by atoms with Gasteiger partial charge in [-0.1, -0.05) is 30.3 Å². The minimum Gasteiger partial charge on any atom is -0.497 e. The number of carbonyl (C=O) groups is 2. The van der Waals surface area contributed by atoms with Gasteiger partial charge in [-0.15, -0.1) is 0 Å². The molecule has 0 aliphatic carbocycles. The first kappa shape index (κ1) is 16.8. The number of fused-ring (bicyclic) bond motifs is 1. The molecule has 0 bridgehead atoms. The monoisotopic (exact) mass is 337 g/mol. The fourth-order valence-corrected chi connectivity index (χ4v) is 2.84. The molecule has 25 heavy (non-hydrogen) atoms. The summed E-state index contributed by atoms with van der Waals surface area (Å²) in [6.07, 6.45) is 0.0445. The first-order chi connectivity index (χ1) is 12.1. The summed E-state index contributed by atoms with van der Waals surface area (Å²) in [6.45, 7) is 2.07. The molecule has 0 unspecified atom stereocenters. The van der Waals surface area contributed by atoms with Gasteiger partial charge in [0.15, 0.2) is 0 Å². The molecule has 0 aliphatic rings. The van der Waals surface area contributed by atoms with Crippen LogP contribution in [0.3, 0.4) is 0 Å². The number of aromatic nitrogens is 1. The van der Waals surface area contributed by atoms with E-state index in [1.807, 2.05) is 24.3 Å². The molecule has 3 aromatic rings. The van der Waals surface area contributed by atoms with Crippen LogP contribution in [-0.2, 0) is 16.0 Å². The maximum Gasteiger partial charge on any atom is 0.310 e. The number of benzene rings is 2. The molecular weight excluding hydrogens is 318 g/mol. The molecule has 0 saturated heterocycles. The molecule has 3 rings (SSSR count). The molecule has 0 saturated carbocycles. The van der Waals surface area contributed by atoms with Crippen LogP contribution in [0.2, 0.25) is 0 Å². The smallest absolute Gasteiger partial charge is 0.310 e. The molecule has 0 radical (unpaired) electrons. The van der Waals surface area contributed by atoms with Gasteiger partial charge >= 0.3 is 5.97 Å². The van der Waals surface area contributed by atoms with E-state index in [4.69, 9.17) is 9.47 Å². The van der Waals surface area contributed by atoms with E-state index in [-0.39, 0.29) is 18.2 Å². The normalized spacial score (nSPS) is 10.6. The van der Waals surface area contributed by atoms with Gasteiger partial charge in [-0.25, -0.2) is 0 Å². The van der Waals surface area contributed by atoms with Crippen molar-refractivity contribution >= 4 is 22.7 Å². The molecule has 0 fully saturated rings. The molecule has 0 atom stereocenters. The highest BCUT2D eigenvalue weighted by Gasteiger charge is 2.21. The third kappa shape index (κ3) is 3.40. The first-order valence-electron chi connectivity index (χ1n) is 8.08. The number of ether oxygens (including phenoxy) is 2. The summed E-state index contributed by atoms with van der Waals surface area (Å²) in [7, 11) is 1.55. The van der Waals surface area contributed by atoms with Crippen molar-refractivity contribution in [1.29, 1.82) is 0 Å². The number of hydrogen-bond donors (Lipinski definition) is 1. The molecule has 0 aliphatic heterocycles. The van der Waals surface area contributed by atoms with Gasteiger partial charge in [0, 0.05) is 22.0 Å². The molecule has 1 N–H and O–H groups in total. The van der Waals surface area contributed by atoms with E-state index in [1.54, 1.807) is 38.3 Å². The number of H-pyrrole nitrogens is 1. The maximum absolute atomic E-state index is 13.0. The van der Waals surface area contributed by atoms with Crippen molar-refractivity contribution < 1.29 is 19.1 Å². The Morgan fingerprint density at radius 1 is 1.08 bits per heavy atom. The quantitative estimate of drug-likeness (QED) is 0.552. The topological polar surface area (TPSA) is 68.4 Å². The van der Waals surface area contributed by atoms with Crippen molar-refractivity contribution in [2.24, 2.45) is 0 Å². The lowest BCUT2D eigenvalue weighted by Gasteiger charge is -2.06. The molecule has 1 heterocycles. The second kappa shape index (κ2) is 7.21. The van der Waals surface area contributed by atoms with Crippen molar-refractivity contribution in [2.45, 2.75) is 13.3 Å². The van der Waals surface area contributed by atoms with Gasteiger partial charge in [0.05, 0.1) is 25.8 Å². The Hall–Kier alpha value is -3.08. The van der Waals surface area contributed by atoms with Crippen molar-refractivity contribution in [2.75, 3.05) is 13.7 Å². The lowest BCUT2D eigenvalue weighted by Crippen LogP contribution is -2.11. The number of carbonyl (C=O) groups excluding carboxylic acids is 2. The van der Waals surface area contributed by atoms with Crippen LogP contribution < -0.4 is 4.74 Å². The second-order valence-electron chi connectivity index (χ2n) is 5.57. The largest absolute Gasteiger partial charge is 0.497 e. The van der Waals surface area contributed by atoms with E-state index in [9.17, 15) is 9.59 Å². The van der Waals surface area contributed by atoms with Gasteiger partial charge < -0.3 is 14.5 Å². The Morgan fingerprint density at radius 3 is 2.64 bits per heavy atom. The number of rotatable bonds is 6. The molecule has 128 valence electrons. The third-order valence-electron chi connectivity index (χ3n) is 4.00. The average molecular weight is 337 g/mol. The number of nitrogens with one attached hydrogen (secondary N) is 1. The Kier molecular flexibility index (Phi) is 4.84. The highest BCUT2D eigenvalue weighted by Crippen LogP contribution is 2.26. The predicted octanol–water partition coefficient (Wildman–Crippen LogP) is 3.51. The van der Waals surface area contributed by atoms with Crippen LogP contribution in [0.4, 0.5) is 0 Å². The van der Waals surface area contributed by atoms with Crippen LogP contribution in [-0.4, -0.2) is 30.5 Å². The number of para-hydroxylation sites is 1. The van der Waals surface area contributed by atoms with Crippen LogP contribution in [0.25, 0.3) is 10.9 Å². The number of esters is 1. The summed E-state index contributed by atoms with van der Waals surface area (Å²) >= 11 is 0. The van der Waals surface area contributed by atoms with Gasteiger partial charge in [-0.3, -0.25) is 9.59 Å². The molecule has 5 heteroatoms. The number of methoxy groups -OCH3 is 1. The van der Waals surface area contributed by atoms with Crippen LogP contribution in [0.1, 0.15) is 28.5 Å². The third-order valence-corrected chi connectivity index (χ3v) is 4.00. The van der Waals surface area contributed by atoms with Gasteiger partial charge in [-0.2, -0.15) is 0 Å². The Morgan fingerprint density at radius 2 is 1.88 bits per heavy atom. The molecule has 0 spiro atoms. The zero-order valence-electron chi connectivity index (χ0n) is 14.2. The summed E-state index contributed by atoms with van der Waals surface area (Å²) in [4.78, 5) is 28.2. The van der Waals surface area contributed by atoms with E-state index in [2.05, 4.69) is 4.98 Å². The fraction of sp³-hybridized carbons (Fsp3) is 0.200. The van der Waals surface area contributed by atoms with Gasteiger partial charge in [0.25, 0.3) is 0 Å². The highest BCUT2D eigenvalue weighted by atomic mass is 16.5. The number of hydrogen-bond acceptors (Lipinski definition) is 4. The first-order valence-corrected chi connectivity index (χ1v) is 8.08. The number of aromatic amines is 1. The highest BCUT2D eigenvalue weighted by molar-refractivity contribution is 6.12. The van der Waals surface area contributed by atoms with Crippen molar-refractivity contribution in [3.63, 3.8) is 0 Å². The van der Waals surface area contributed by atoms with Crippen LogP contribution >= 0.6 is 0 Å². The SMILES string of the molecule is CCOC(=O)Cc1c(C(=O)c2cccc(OC)c2)[nH]c2ccccc12. The average Bonchev–Trinajstić information content (AvgIpc) is 3.00. The summed E-state index contributed by atoms with van der Waals surface area (Å²) in [5.74, 6) is 0.0650. The fourth-order valence-electron chi connectivity index (χ4n) is 2.84. The van der Waals surface area contributed by atoms with E-state index < -0.39 is 0 Å². The minimum absolute atomic E-state index is 0.0445. The maximum atomic E-state index is 13.0. The second-order valence-corrected chi connectivity index (χ2v) is 5.57. The van der Waals surface area contributed by atoms with Crippen LogP contribution in [0, 0.1) is 0 Å². The van der Waals surface area contributed by atoms with Gasteiger partial charge in [0.1, 0.15) is 5.75 Å². The van der Waals surface area contributed by atoms with E-state index in [0.717, 1.165) is 10.9 Å². The standard InChI is InChI=1S/C20H19NO4/c1-3-25-18(22)12-16-15-9-4-5-10-17(15)21-19(16)20(23)13-7-6-8-14(11-13)24-2/h4-11,21H,3,12H2,1-2H3. The predicted molar refractivity (Wildman–Crippen MR) is 95.1 cm³/mol. The van der Waals surface area contributed by atoms with E-state index >= 15 is 0 Å². The summed E-state index contributed by atoms with van der Waals surface area (Å²) in [5.41, 5.74) is 2.37. The molecule has 5 nitrogen and oxygen atoms in total. The van der Waals surface area contributed by atoms with Crippen LogP contribution in [0.5, 0.6) is 5.75 Å². The Bertz CT molecular complexity index is 926. The zero-order chi connectivity index (χ0) is 17.8.